The van der Waals surface area contributed by atoms with Gasteiger partial charge >= 0.3 is 0 Å². The largest absolute Gasteiger partial charge is 0.338 e. The van der Waals surface area contributed by atoms with Crippen LogP contribution in [-0.2, 0) is 4.79 Å². The number of amides is 1. The first-order valence-corrected chi connectivity index (χ1v) is 7.65. The molecular formula is C15H29N3O. The average Bonchev–Trinajstić information content (AvgIpc) is 2.88. The summed E-state index contributed by atoms with van der Waals surface area (Å²) in [7, 11) is 3.92. The predicted molar refractivity (Wildman–Crippen MR) is 78.1 cm³/mol. The zero-order valence-electron chi connectivity index (χ0n) is 12.9. The van der Waals surface area contributed by atoms with Crippen molar-refractivity contribution in [3.8, 4) is 0 Å². The van der Waals surface area contributed by atoms with Crippen molar-refractivity contribution >= 4 is 5.91 Å². The second-order valence-corrected chi connectivity index (χ2v) is 6.73. The summed E-state index contributed by atoms with van der Waals surface area (Å²) in [4.78, 5) is 17.1. The SMILES string of the molecule is CNCCC1C(=O)N(C)C(C)(C)CN1C1CCCC1. The van der Waals surface area contributed by atoms with Crippen LogP contribution in [0.2, 0.25) is 0 Å². The van der Waals surface area contributed by atoms with Crippen LogP contribution in [-0.4, -0.2) is 60.5 Å². The van der Waals surface area contributed by atoms with Gasteiger partial charge in [0.15, 0.2) is 0 Å². The van der Waals surface area contributed by atoms with Gasteiger partial charge in [-0.15, -0.1) is 0 Å². The topological polar surface area (TPSA) is 35.6 Å². The lowest BCUT2D eigenvalue weighted by Gasteiger charge is -2.51. The standard InChI is InChI=1S/C15H29N3O/c1-15(2)11-18(12-7-5-6-8-12)13(9-10-16-3)14(19)17(15)4/h12-13,16H,5-11H2,1-4H3. The van der Waals surface area contributed by atoms with E-state index in [4.69, 9.17) is 0 Å². The lowest BCUT2D eigenvalue weighted by molar-refractivity contribution is -0.151. The maximum absolute atomic E-state index is 12.7. The number of hydrogen-bond acceptors (Lipinski definition) is 3. The molecule has 1 aliphatic heterocycles. The molecule has 0 aromatic heterocycles. The maximum Gasteiger partial charge on any atom is 0.240 e. The smallest absolute Gasteiger partial charge is 0.240 e. The zero-order chi connectivity index (χ0) is 14.0. The number of piperazine rings is 1. The van der Waals surface area contributed by atoms with Gasteiger partial charge in [-0.2, -0.15) is 0 Å². The van der Waals surface area contributed by atoms with Gasteiger partial charge in [0.25, 0.3) is 0 Å². The number of rotatable bonds is 4. The van der Waals surface area contributed by atoms with Crippen molar-refractivity contribution in [2.45, 2.75) is 63.6 Å². The quantitative estimate of drug-likeness (QED) is 0.837. The van der Waals surface area contributed by atoms with Gasteiger partial charge in [-0.1, -0.05) is 12.8 Å². The third-order valence-corrected chi connectivity index (χ3v) is 4.95. The van der Waals surface area contributed by atoms with Crippen molar-refractivity contribution in [2.24, 2.45) is 0 Å². The minimum Gasteiger partial charge on any atom is -0.338 e. The van der Waals surface area contributed by atoms with E-state index < -0.39 is 0 Å². The number of carbonyl (C=O) groups is 1. The van der Waals surface area contributed by atoms with Crippen LogP contribution in [0.3, 0.4) is 0 Å². The maximum atomic E-state index is 12.7. The Balaban J connectivity index is 2.16. The van der Waals surface area contributed by atoms with E-state index in [1.54, 1.807) is 0 Å². The van der Waals surface area contributed by atoms with Crippen molar-refractivity contribution in [2.75, 3.05) is 27.2 Å². The van der Waals surface area contributed by atoms with Crippen molar-refractivity contribution in [1.29, 1.82) is 0 Å². The van der Waals surface area contributed by atoms with Gasteiger partial charge in [-0.05, 0) is 46.7 Å². The van der Waals surface area contributed by atoms with Gasteiger partial charge in [0.2, 0.25) is 5.91 Å². The third kappa shape index (κ3) is 2.95. The molecular weight excluding hydrogens is 238 g/mol. The fourth-order valence-electron chi connectivity index (χ4n) is 3.52. The monoisotopic (exact) mass is 267 g/mol. The normalized spacial score (nSPS) is 29.2. The molecule has 0 radical (unpaired) electrons. The summed E-state index contributed by atoms with van der Waals surface area (Å²) in [5, 5.41) is 3.18. The molecule has 1 amide bonds. The summed E-state index contributed by atoms with van der Waals surface area (Å²) in [5.41, 5.74) is -0.0458. The Morgan fingerprint density at radius 2 is 1.95 bits per heavy atom. The van der Waals surface area contributed by atoms with Crippen LogP contribution in [0.15, 0.2) is 0 Å². The molecule has 1 heterocycles. The first-order valence-electron chi connectivity index (χ1n) is 7.65. The molecule has 0 bridgehead atoms. The molecule has 1 aliphatic carbocycles. The fraction of sp³-hybridized carbons (Fsp3) is 0.933. The minimum atomic E-state index is -0.0458. The lowest BCUT2D eigenvalue weighted by atomic mass is 9.92. The Morgan fingerprint density at radius 3 is 2.53 bits per heavy atom. The van der Waals surface area contributed by atoms with Gasteiger partial charge in [0.1, 0.15) is 0 Å². The Labute approximate surface area is 117 Å². The van der Waals surface area contributed by atoms with Gasteiger partial charge in [-0.25, -0.2) is 0 Å². The molecule has 19 heavy (non-hydrogen) atoms. The highest BCUT2D eigenvalue weighted by Crippen LogP contribution is 2.32. The zero-order valence-corrected chi connectivity index (χ0v) is 12.9. The Morgan fingerprint density at radius 1 is 1.32 bits per heavy atom. The van der Waals surface area contributed by atoms with E-state index in [2.05, 4.69) is 24.1 Å². The molecule has 1 N–H and O–H groups in total. The lowest BCUT2D eigenvalue weighted by Crippen LogP contribution is -2.66. The first kappa shape index (κ1) is 14.8. The molecule has 0 spiro atoms. The summed E-state index contributed by atoms with van der Waals surface area (Å²) in [6, 6.07) is 0.701. The van der Waals surface area contributed by atoms with Gasteiger partial charge in [0, 0.05) is 25.2 Å². The van der Waals surface area contributed by atoms with Crippen LogP contribution < -0.4 is 5.32 Å². The van der Waals surface area contributed by atoms with Crippen LogP contribution in [0.5, 0.6) is 0 Å². The summed E-state index contributed by atoms with van der Waals surface area (Å²) < 4.78 is 0. The van der Waals surface area contributed by atoms with Crippen LogP contribution in [0.4, 0.5) is 0 Å². The second-order valence-electron chi connectivity index (χ2n) is 6.73. The van der Waals surface area contributed by atoms with Crippen molar-refractivity contribution in [3.05, 3.63) is 0 Å². The molecule has 1 saturated heterocycles. The highest BCUT2D eigenvalue weighted by atomic mass is 16.2. The molecule has 4 nitrogen and oxygen atoms in total. The Hall–Kier alpha value is -0.610. The molecule has 110 valence electrons. The van der Waals surface area contributed by atoms with Crippen molar-refractivity contribution < 1.29 is 4.79 Å². The van der Waals surface area contributed by atoms with E-state index in [-0.39, 0.29) is 11.6 Å². The van der Waals surface area contributed by atoms with Crippen LogP contribution in [0.25, 0.3) is 0 Å². The van der Waals surface area contributed by atoms with Crippen LogP contribution >= 0.6 is 0 Å². The minimum absolute atomic E-state index is 0.0458. The molecule has 0 aromatic carbocycles. The van der Waals surface area contributed by atoms with E-state index in [0.29, 0.717) is 11.9 Å². The fourth-order valence-corrected chi connectivity index (χ4v) is 3.52. The molecule has 2 aliphatic rings. The second kappa shape index (κ2) is 5.80. The Kier molecular flexibility index (Phi) is 4.51. The van der Waals surface area contributed by atoms with Gasteiger partial charge in [0.05, 0.1) is 6.04 Å². The number of carbonyl (C=O) groups excluding carboxylic acids is 1. The number of likely N-dealkylation sites (N-methyl/N-ethyl adjacent to an activating group) is 1. The third-order valence-electron chi connectivity index (χ3n) is 4.95. The number of hydrogen-bond donors (Lipinski definition) is 1. The van der Waals surface area contributed by atoms with Gasteiger partial charge < -0.3 is 10.2 Å². The molecule has 1 atom stereocenters. The van der Waals surface area contributed by atoms with Crippen molar-refractivity contribution in [1.82, 2.24) is 15.1 Å². The van der Waals surface area contributed by atoms with E-state index in [9.17, 15) is 4.79 Å². The van der Waals surface area contributed by atoms with E-state index >= 15 is 0 Å². The molecule has 2 fully saturated rings. The molecule has 1 unspecified atom stereocenters. The summed E-state index contributed by atoms with van der Waals surface area (Å²) in [6.07, 6.45) is 6.10. The highest BCUT2D eigenvalue weighted by Gasteiger charge is 2.45. The molecule has 4 heteroatoms. The predicted octanol–water partition coefficient (Wildman–Crippen LogP) is 1.46. The highest BCUT2D eigenvalue weighted by molar-refractivity contribution is 5.83. The van der Waals surface area contributed by atoms with E-state index in [0.717, 1.165) is 19.5 Å². The first-order chi connectivity index (χ1) is 8.97. The van der Waals surface area contributed by atoms with Crippen LogP contribution in [0, 0.1) is 0 Å². The summed E-state index contributed by atoms with van der Waals surface area (Å²) in [5.74, 6) is 0.304. The summed E-state index contributed by atoms with van der Waals surface area (Å²) in [6.45, 7) is 6.28. The molecule has 2 rings (SSSR count). The van der Waals surface area contributed by atoms with Gasteiger partial charge in [-0.3, -0.25) is 9.69 Å². The van der Waals surface area contributed by atoms with Crippen molar-refractivity contribution in [3.63, 3.8) is 0 Å². The van der Waals surface area contributed by atoms with Crippen LogP contribution in [0.1, 0.15) is 46.0 Å². The molecule has 0 aromatic rings. The summed E-state index contributed by atoms with van der Waals surface area (Å²) >= 11 is 0. The number of nitrogens with zero attached hydrogens (tertiary/aromatic N) is 2. The average molecular weight is 267 g/mol. The Bertz CT molecular complexity index is 323. The van der Waals surface area contributed by atoms with E-state index in [1.807, 2.05) is 19.0 Å². The van der Waals surface area contributed by atoms with E-state index in [1.165, 1.54) is 25.7 Å². The number of nitrogens with one attached hydrogen (secondary N) is 1. The molecule has 1 saturated carbocycles.